The van der Waals surface area contributed by atoms with Gasteiger partial charge < -0.3 is 15.0 Å². The highest BCUT2D eigenvalue weighted by Gasteiger charge is 2.29. The third-order valence-corrected chi connectivity index (χ3v) is 4.71. The van der Waals surface area contributed by atoms with Crippen LogP contribution in [0.1, 0.15) is 33.1 Å². The first-order chi connectivity index (χ1) is 12.8. The molecule has 3 amide bonds. The van der Waals surface area contributed by atoms with Gasteiger partial charge in [0.2, 0.25) is 17.7 Å². The van der Waals surface area contributed by atoms with E-state index in [9.17, 15) is 18.8 Å². The summed E-state index contributed by atoms with van der Waals surface area (Å²) >= 11 is 0. The van der Waals surface area contributed by atoms with E-state index in [2.05, 4.69) is 5.32 Å². The molecular weight excluding hydrogens is 353 g/mol. The molecule has 2 unspecified atom stereocenters. The molecule has 1 aromatic carbocycles. The van der Waals surface area contributed by atoms with Gasteiger partial charge in [0.05, 0.1) is 17.9 Å². The van der Waals surface area contributed by atoms with Crippen molar-refractivity contribution in [1.82, 2.24) is 4.90 Å². The third-order valence-electron chi connectivity index (χ3n) is 4.71. The number of carbonyl (C=O) groups excluding carboxylic acids is 3. The Kier molecular flexibility index (Phi) is 5.74. The highest BCUT2D eigenvalue weighted by atomic mass is 19.1. The zero-order valence-corrected chi connectivity index (χ0v) is 15.5. The number of hydrogen-bond acceptors (Lipinski definition) is 5. The fourth-order valence-corrected chi connectivity index (χ4v) is 3.52. The van der Waals surface area contributed by atoms with Crippen LogP contribution in [0.5, 0.6) is 0 Å². The zero-order valence-electron chi connectivity index (χ0n) is 15.5. The number of rotatable bonds is 5. The van der Waals surface area contributed by atoms with E-state index in [1.165, 1.54) is 6.07 Å². The van der Waals surface area contributed by atoms with Gasteiger partial charge in [-0.05, 0) is 32.0 Å². The molecule has 7 nitrogen and oxygen atoms in total. The first kappa shape index (κ1) is 19.3. The summed E-state index contributed by atoms with van der Waals surface area (Å²) in [5.74, 6) is -1.29. The summed E-state index contributed by atoms with van der Waals surface area (Å²) in [5, 5.41) is 2.61. The number of halogens is 1. The van der Waals surface area contributed by atoms with Crippen molar-refractivity contribution in [2.75, 3.05) is 29.9 Å². The van der Waals surface area contributed by atoms with Crippen molar-refractivity contribution in [3.63, 3.8) is 0 Å². The molecule has 8 heteroatoms. The lowest BCUT2D eigenvalue weighted by Crippen LogP contribution is -2.45. The van der Waals surface area contributed by atoms with Crippen LogP contribution in [0.15, 0.2) is 18.2 Å². The molecule has 3 rings (SSSR count). The minimum atomic E-state index is -0.418. The molecule has 2 saturated heterocycles. The van der Waals surface area contributed by atoms with Crippen LogP contribution in [0.4, 0.5) is 15.8 Å². The molecule has 0 spiro atoms. The van der Waals surface area contributed by atoms with E-state index in [-0.39, 0.29) is 55.7 Å². The largest absolute Gasteiger partial charge is 0.372 e. The molecule has 2 aliphatic rings. The summed E-state index contributed by atoms with van der Waals surface area (Å²) < 4.78 is 20.2. The Morgan fingerprint density at radius 1 is 1.19 bits per heavy atom. The van der Waals surface area contributed by atoms with E-state index in [1.807, 2.05) is 18.7 Å². The Balaban J connectivity index is 1.58. The maximum absolute atomic E-state index is 14.5. The molecule has 146 valence electrons. The van der Waals surface area contributed by atoms with Crippen LogP contribution < -0.4 is 10.2 Å². The Hall–Kier alpha value is -2.48. The van der Waals surface area contributed by atoms with Gasteiger partial charge in [0, 0.05) is 44.6 Å². The predicted octanol–water partition coefficient (Wildman–Crippen LogP) is 1.92. The quantitative estimate of drug-likeness (QED) is 0.793. The molecule has 27 heavy (non-hydrogen) atoms. The lowest BCUT2D eigenvalue weighted by atomic mass is 10.2. The highest BCUT2D eigenvalue weighted by Crippen LogP contribution is 2.26. The van der Waals surface area contributed by atoms with Gasteiger partial charge in [-0.2, -0.15) is 0 Å². The van der Waals surface area contributed by atoms with Crippen molar-refractivity contribution >= 4 is 29.1 Å². The number of morpholine rings is 1. The van der Waals surface area contributed by atoms with Crippen LogP contribution in [-0.4, -0.2) is 54.5 Å². The van der Waals surface area contributed by atoms with E-state index < -0.39 is 5.82 Å². The van der Waals surface area contributed by atoms with E-state index in [1.54, 1.807) is 12.1 Å². The molecule has 2 heterocycles. The number of ether oxygens (including phenoxy) is 1. The van der Waals surface area contributed by atoms with Gasteiger partial charge >= 0.3 is 0 Å². The molecule has 0 aromatic heterocycles. The first-order valence-corrected chi connectivity index (χ1v) is 9.16. The van der Waals surface area contributed by atoms with Gasteiger partial charge in [-0.3, -0.25) is 19.3 Å². The smallest absolute Gasteiger partial charge is 0.229 e. The third kappa shape index (κ3) is 4.63. The van der Waals surface area contributed by atoms with Gasteiger partial charge in [0.25, 0.3) is 0 Å². The molecule has 2 fully saturated rings. The molecule has 0 saturated carbocycles. The SMILES string of the molecule is CC1CN(c2ccc(NC(=O)CCN3C(=O)CCC3=O)cc2F)CC(C)O1. The van der Waals surface area contributed by atoms with E-state index >= 15 is 0 Å². The van der Waals surface area contributed by atoms with Gasteiger partial charge in [0.1, 0.15) is 5.82 Å². The van der Waals surface area contributed by atoms with Crippen LogP contribution in [-0.2, 0) is 19.1 Å². The summed E-state index contributed by atoms with van der Waals surface area (Å²) in [4.78, 5) is 38.2. The number of nitrogens with one attached hydrogen (secondary N) is 1. The number of imide groups is 1. The minimum absolute atomic E-state index is 0.0145. The van der Waals surface area contributed by atoms with Gasteiger partial charge in [0.15, 0.2) is 0 Å². The Morgan fingerprint density at radius 3 is 2.41 bits per heavy atom. The standard InChI is InChI=1S/C19H24FN3O4/c1-12-10-22(11-13(2)27-12)16-4-3-14(9-15(16)20)21-17(24)7-8-23-18(25)5-6-19(23)26/h3-4,9,12-13H,5-8,10-11H2,1-2H3,(H,21,24). The number of anilines is 2. The summed E-state index contributed by atoms with van der Waals surface area (Å²) in [5.41, 5.74) is 0.818. The summed E-state index contributed by atoms with van der Waals surface area (Å²) in [6.45, 7) is 5.15. The Bertz CT molecular complexity index is 728. The predicted molar refractivity (Wildman–Crippen MR) is 97.8 cm³/mol. The van der Waals surface area contributed by atoms with Crippen molar-refractivity contribution in [1.29, 1.82) is 0 Å². The number of carbonyl (C=O) groups is 3. The van der Waals surface area contributed by atoms with Crippen LogP contribution in [0, 0.1) is 5.82 Å². The van der Waals surface area contributed by atoms with Crippen molar-refractivity contribution in [2.24, 2.45) is 0 Å². The van der Waals surface area contributed by atoms with E-state index in [0.717, 1.165) is 4.90 Å². The zero-order chi connectivity index (χ0) is 19.6. The molecular formula is C19H24FN3O4. The second kappa shape index (κ2) is 8.04. The van der Waals surface area contributed by atoms with Gasteiger partial charge in [-0.25, -0.2) is 4.39 Å². The van der Waals surface area contributed by atoms with E-state index in [4.69, 9.17) is 4.74 Å². The average molecular weight is 377 g/mol. The van der Waals surface area contributed by atoms with Crippen molar-refractivity contribution in [2.45, 2.75) is 45.3 Å². The second-order valence-electron chi connectivity index (χ2n) is 7.07. The molecule has 0 bridgehead atoms. The van der Waals surface area contributed by atoms with Gasteiger partial charge in [-0.15, -0.1) is 0 Å². The lowest BCUT2D eigenvalue weighted by molar-refractivity contribution is -0.138. The van der Waals surface area contributed by atoms with Crippen LogP contribution in [0.25, 0.3) is 0 Å². The van der Waals surface area contributed by atoms with Crippen molar-refractivity contribution in [3.05, 3.63) is 24.0 Å². The molecule has 2 aliphatic heterocycles. The highest BCUT2D eigenvalue weighted by molar-refractivity contribution is 6.02. The maximum atomic E-state index is 14.5. The Labute approximate surface area is 157 Å². The first-order valence-electron chi connectivity index (χ1n) is 9.16. The van der Waals surface area contributed by atoms with Crippen LogP contribution in [0.3, 0.4) is 0 Å². The summed E-state index contributed by atoms with van der Waals surface area (Å²) in [7, 11) is 0. The summed E-state index contributed by atoms with van der Waals surface area (Å²) in [6.07, 6.45) is 0.420. The molecule has 2 atom stereocenters. The van der Waals surface area contributed by atoms with Gasteiger partial charge in [-0.1, -0.05) is 0 Å². The number of benzene rings is 1. The lowest BCUT2D eigenvalue weighted by Gasteiger charge is -2.37. The van der Waals surface area contributed by atoms with E-state index in [0.29, 0.717) is 24.5 Å². The normalized spacial score (nSPS) is 23.1. The minimum Gasteiger partial charge on any atom is -0.372 e. The maximum Gasteiger partial charge on any atom is 0.229 e. The summed E-state index contributed by atoms with van der Waals surface area (Å²) in [6, 6.07) is 4.57. The average Bonchev–Trinajstić information content (AvgIpc) is 2.90. The number of likely N-dealkylation sites (tertiary alicyclic amines) is 1. The molecule has 0 radical (unpaired) electrons. The van der Waals surface area contributed by atoms with Crippen molar-refractivity contribution < 1.29 is 23.5 Å². The molecule has 0 aliphatic carbocycles. The van der Waals surface area contributed by atoms with Crippen LogP contribution in [0.2, 0.25) is 0 Å². The topological polar surface area (TPSA) is 79.0 Å². The number of amides is 3. The van der Waals surface area contributed by atoms with Crippen molar-refractivity contribution in [3.8, 4) is 0 Å². The molecule has 1 N–H and O–H groups in total. The second-order valence-corrected chi connectivity index (χ2v) is 7.07. The fraction of sp³-hybridized carbons (Fsp3) is 0.526. The monoisotopic (exact) mass is 377 g/mol. The fourth-order valence-electron chi connectivity index (χ4n) is 3.52. The number of hydrogen-bond donors (Lipinski definition) is 1. The number of nitrogens with zero attached hydrogens (tertiary/aromatic N) is 2. The van der Waals surface area contributed by atoms with Crippen LogP contribution >= 0.6 is 0 Å². The Morgan fingerprint density at radius 2 is 1.81 bits per heavy atom. The molecule has 1 aromatic rings.